The highest BCUT2D eigenvalue weighted by Crippen LogP contribution is 2.14. The van der Waals surface area contributed by atoms with Crippen LogP contribution < -0.4 is 5.48 Å². The highest BCUT2D eigenvalue weighted by atomic mass is 32.2. The van der Waals surface area contributed by atoms with Gasteiger partial charge in [-0.25, -0.2) is 0 Å². The molecule has 0 radical (unpaired) electrons. The van der Waals surface area contributed by atoms with Gasteiger partial charge in [0.1, 0.15) is 0 Å². The third kappa shape index (κ3) is 4.18. The van der Waals surface area contributed by atoms with Gasteiger partial charge < -0.3 is 0 Å². The molecule has 0 saturated heterocycles. The van der Waals surface area contributed by atoms with Gasteiger partial charge in [-0.15, -0.1) is 11.8 Å². The molecule has 2 aromatic carbocycles. The quantitative estimate of drug-likeness (QED) is 0.486. The van der Waals surface area contributed by atoms with Crippen LogP contribution in [-0.2, 0) is 18.0 Å². The van der Waals surface area contributed by atoms with E-state index in [4.69, 9.17) is 4.84 Å². The third-order valence-electron chi connectivity index (χ3n) is 2.62. The topological polar surface area (TPSA) is 21.3 Å². The van der Waals surface area contributed by atoms with Crippen LogP contribution in [0.5, 0.6) is 0 Å². The summed E-state index contributed by atoms with van der Waals surface area (Å²) in [5, 5.41) is 0. The highest BCUT2D eigenvalue weighted by molar-refractivity contribution is 7.98. The van der Waals surface area contributed by atoms with Gasteiger partial charge in [-0.2, -0.15) is 5.48 Å². The highest BCUT2D eigenvalue weighted by Gasteiger charge is 1.95. The Morgan fingerprint density at radius 2 is 1.67 bits per heavy atom. The number of hydrogen-bond acceptors (Lipinski definition) is 3. The summed E-state index contributed by atoms with van der Waals surface area (Å²) in [5.41, 5.74) is 5.37. The number of rotatable bonds is 6. The summed E-state index contributed by atoms with van der Waals surface area (Å²) in [5.74, 6) is 0. The van der Waals surface area contributed by atoms with E-state index in [2.05, 4.69) is 48.1 Å². The molecule has 0 fully saturated rings. The molecule has 0 bridgehead atoms. The Labute approximate surface area is 112 Å². The van der Waals surface area contributed by atoms with Crippen molar-refractivity contribution >= 4 is 11.8 Å². The van der Waals surface area contributed by atoms with Crippen molar-refractivity contribution in [3.8, 4) is 0 Å². The smallest absolute Gasteiger partial charge is 0.0933 e. The maximum atomic E-state index is 5.42. The maximum Gasteiger partial charge on any atom is 0.0933 e. The zero-order valence-electron chi connectivity index (χ0n) is 10.4. The van der Waals surface area contributed by atoms with Gasteiger partial charge in [-0.05, 0) is 29.5 Å². The number of thioether (sulfide) groups is 1. The Balaban J connectivity index is 1.72. The molecule has 3 heteroatoms. The maximum absolute atomic E-state index is 5.42. The summed E-state index contributed by atoms with van der Waals surface area (Å²) < 4.78 is 0. The standard InChI is InChI=1S/C15H17NOS/c1-18-15-9-7-13(8-10-15)11-16-17-12-14-5-3-2-4-6-14/h2-10,16H,11-12H2,1H3. The molecular formula is C15H17NOS. The first-order valence-electron chi connectivity index (χ1n) is 5.90. The van der Waals surface area contributed by atoms with Gasteiger partial charge in [-0.1, -0.05) is 42.5 Å². The number of benzene rings is 2. The second-order valence-corrected chi connectivity index (χ2v) is 4.82. The van der Waals surface area contributed by atoms with E-state index in [1.54, 1.807) is 11.8 Å². The van der Waals surface area contributed by atoms with Crippen molar-refractivity contribution in [3.63, 3.8) is 0 Å². The summed E-state index contributed by atoms with van der Waals surface area (Å²) in [7, 11) is 0. The van der Waals surface area contributed by atoms with Crippen molar-refractivity contribution in [1.82, 2.24) is 5.48 Å². The zero-order valence-corrected chi connectivity index (χ0v) is 11.2. The third-order valence-corrected chi connectivity index (χ3v) is 3.36. The summed E-state index contributed by atoms with van der Waals surface area (Å²) in [4.78, 5) is 6.71. The molecule has 94 valence electrons. The number of hydrogen-bond donors (Lipinski definition) is 1. The Bertz CT molecular complexity index is 456. The van der Waals surface area contributed by atoms with Crippen LogP contribution in [0.25, 0.3) is 0 Å². The van der Waals surface area contributed by atoms with Gasteiger partial charge in [0.15, 0.2) is 0 Å². The lowest BCUT2D eigenvalue weighted by Gasteiger charge is -2.06. The summed E-state index contributed by atoms with van der Waals surface area (Å²) in [6.07, 6.45) is 2.08. The van der Waals surface area contributed by atoms with E-state index in [0.29, 0.717) is 6.61 Å². The average Bonchev–Trinajstić information content (AvgIpc) is 2.45. The number of nitrogens with one attached hydrogen (secondary N) is 1. The molecule has 0 aromatic heterocycles. The monoisotopic (exact) mass is 259 g/mol. The Hall–Kier alpha value is -1.29. The van der Waals surface area contributed by atoms with Crippen molar-refractivity contribution in [3.05, 3.63) is 65.7 Å². The molecule has 0 aliphatic heterocycles. The van der Waals surface area contributed by atoms with Crippen LogP contribution in [0, 0.1) is 0 Å². The van der Waals surface area contributed by atoms with E-state index in [-0.39, 0.29) is 0 Å². The molecular weight excluding hydrogens is 242 g/mol. The molecule has 1 N–H and O–H groups in total. The van der Waals surface area contributed by atoms with Crippen LogP contribution in [0.3, 0.4) is 0 Å². The van der Waals surface area contributed by atoms with E-state index < -0.39 is 0 Å². The molecule has 0 atom stereocenters. The molecule has 0 amide bonds. The Morgan fingerprint density at radius 1 is 0.944 bits per heavy atom. The van der Waals surface area contributed by atoms with Crippen LogP contribution >= 0.6 is 11.8 Å². The van der Waals surface area contributed by atoms with Crippen LogP contribution in [0.15, 0.2) is 59.5 Å². The first-order chi connectivity index (χ1) is 8.88. The van der Waals surface area contributed by atoms with Crippen molar-refractivity contribution in [2.75, 3.05) is 6.26 Å². The van der Waals surface area contributed by atoms with E-state index in [0.717, 1.165) is 6.54 Å². The SMILES string of the molecule is CSc1ccc(CNOCc2ccccc2)cc1. The summed E-state index contributed by atoms with van der Waals surface area (Å²) in [6, 6.07) is 18.6. The minimum atomic E-state index is 0.587. The molecule has 0 heterocycles. The average molecular weight is 259 g/mol. The van der Waals surface area contributed by atoms with Gasteiger partial charge in [0.2, 0.25) is 0 Å². The van der Waals surface area contributed by atoms with Crippen molar-refractivity contribution < 1.29 is 4.84 Å². The molecule has 0 aliphatic rings. The first-order valence-corrected chi connectivity index (χ1v) is 7.12. The Morgan fingerprint density at radius 3 is 2.33 bits per heavy atom. The molecule has 0 saturated carbocycles. The molecule has 0 spiro atoms. The molecule has 18 heavy (non-hydrogen) atoms. The summed E-state index contributed by atoms with van der Waals surface area (Å²) in [6.45, 7) is 1.31. The summed E-state index contributed by atoms with van der Waals surface area (Å²) >= 11 is 1.75. The fourth-order valence-corrected chi connectivity index (χ4v) is 1.99. The van der Waals surface area contributed by atoms with Crippen molar-refractivity contribution in [2.45, 2.75) is 18.0 Å². The van der Waals surface area contributed by atoms with Crippen molar-refractivity contribution in [1.29, 1.82) is 0 Å². The fourth-order valence-electron chi connectivity index (χ4n) is 1.59. The van der Waals surface area contributed by atoms with Crippen LogP contribution in [0.1, 0.15) is 11.1 Å². The second kappa shape index (κ2) is 7.21. The minimum absolute atomic E-state index is 0.587. The molecule has 0 aliphatic carbocycles. The van der Waals surface area contributed by atoms with Crippen LogP contribution in [-0.4, -0.2) is 6.26 Å². The zero-order chi connectivity index (χ0) is 12.6. The predicted octanol–water partition coefficient (Wildman–Crippen LogP) is 3.63. The lowest BCUT2D eigenvalue weighted by Crippen LogP contribution is -2.13. The lowest BCUT2D eigenvalue weighted by atomic mass is 10.2. The normalized spacial score (nSPS) is 10.5. The molecule has 2 nitrogen and oxygen atoms in total. The van der Waals surface area contributed by atoms with E-state index in [1.807, 2.05) is 18.2 Å². The van der Waals surface area contributed by atoms with E-state index in [9.17, 15) is 0 Å². The van der Waals surface area contributed by atoms with E-state index in [1.165, 1.54) is 16.0 Å². The predicted molar refractivity (Wildman–Crippen MR) is 76.3 cm³/mol. The second-order valence-electron chi connectivity index (χ2n) is 3.94. The number of hydroxylamine groups is 1. The first kappa shape index (κ1) is 13.1. The van der Waals surface area contributed by atoms with E-state index >= 15 is 0 Å². The molecule has 2 aromatic rings. The minimum Gasteiger partial charge on any atom is -0.297 e. The van der Waals surface area contributed by atoms with Crippen LogP contribution in [0.2, 0.25) is 0 Å². The van der Waals surface area contributed by atoms with Crippen LogP contribution in [0.4, 0.5) is 0 Å². The van der Waals surface area contributed by atoms with Crippen molar-refractivity contribution in [2.24, 2.45) is 0 Å². The van der Waals surface area contributed by atoms with Gasteiger partial charge >= 0.3 is 0 Å². The fraction of sp³-hybridized carbons (Fsp3) is 0.200. The van der Waals surface area contributed by atoms with Gasteiger partial charge in [0.25, 0.3) is 0 Å². The largest absolute Gasteiger partial charge is 0.297 e. The molecule has 2 rings (SSSR count). The lowest BCUT2D eigenvalue weighted by molar-refractivity contribution is 0.0235. The molecule has 0 unspecified atom stereocenters. The van der Waals surface area contributed by atoms with Gasteiger partial charge in [-0.3, -0.25) is 4.84 Å². The van der Waals surface area contributed by atoms with Gasteiger partial charge in [0, 0.05) is 11.4 Å². The van der Waals surface area contributed by atoms with Gasteiger partial charge in [0.05, 0.1) is 6.61 Å². The Kier molecular flexibility index (Phi) is 5.27.